The SMILES string of the molecule is C#CCn1nnc2ccc(Nc3ncc(N4CCCC(C(=O)NC5CCC5F)C4)c(N=C4c5ccccc5C[C@H]4C)n3)cc21. The first-order valence-corrected chi connectivity index (χ1v) is 15.2. The van der Waals surface area contributed by atoms with Gasteiger partial charge in [0.05, 0.1) is 29.4 Å². The lowest BCUT2D eigenvalue weighted by Crippen LogP contribution is -2.52. The summed E-state index contributed by atoms with van der Waals surface area (Å²) in [5.74, 6) is 3.45. The number of nitrogens with one attached hydrogen (secondary N) is 2. The second-order valence-corrected chi connectivity index (χ2v) is 11.9. The molecule has 0 radical (unpaired) electrons. The van der Waals surface area contributed by atoms with Gasteiger partial charge in [-0.05, 0) is 61.4 Å². The lowest BCUT2D eigenvalue weighted by atomic mass is 9.89. The topological polar surface area (TPSA) is 113 Å². The minimum Gasteiger partial charge on any atom is -0.366 e. The Morgan fingerprint density at radius 2 is 2.09 bits per heavy atom. The summed E-state index contributed by atoms with van der Waals surface area (Å²) in [4.78, 5) is 30.0. The summed E-state index contributed by atoms with van der Waals surface area (Å²) in [6.45, 7) is 3.75. The summed E-state index contributed by atoms with van der Waals surface area (Å²) in [6.07, 6.45) is 10.1. The highest BCUT2D eigenvalue weighted by Gasteiger charge is 2.35. The maximum Gasteiger partial charge on any atom is 0.229 e. The highest BCUT2D eigenvalue weighted by Crippen LogP contribution is 2.35. The molecular formula is C33H34FN9O. The van der Waals surface area contributed by atoms with Crippen LogP contribution in [0.15, 0.2) is 53.7 Å². The normalized spacial score (nSPS) is 23.7. The number of carbonyl (C=O) groups is 1. The summed E-state index contributed by atoms with van der Waals surface area (Å²) in [5.41, 5.74) is 6.48. The smallest absolute Gasteiger partial charge is 0.229 e. The number of amides is 1. The van der Waals surface area contributed by atoms with Crippen LogP contribution in [0.5, 0.6) is 0 Å². The van der Waals surface area contributed by atoms with E-state index in [4.69, 9.17) is 16.4 Å². The molecule has 0 bridgehead atoms. The fourth-order valence-corrected chi connectivity index (χ4v) is 6.36. The Kier molecular flexibility index (Phi) is 7.42. The number of hydrogen-bond donors (Lipinski definition) is 2. The van der Waals surface area contributed by atoms with Gasteiger partial charge in [-0.1, -0.05) is 42.3 Å². The molecule has 10 nitrogen and oxygen atoms in total. The molecule has 2 fully saturated rings. The van der Waals surface area contributed by atoms with E-state index in [2.05, 4.69) is 61.9 Å². The van der Waals surface area contributed by atoms with Crippen molar-refractivity contribution in [1.82, 2.24) is 30.3 Å². The van der Waals surface area contributed by atoms with Crippen molar-refractivity contribution in [3.05, 3.63) is 59.8 Å². The number of benzene rings is 2. The van der Waals surface area contributed by atoms with E-state index in [0.717, 1.165) is 59.5 Å². The minimum atomic E-state index is -0.944. The zero-order valence-electron chi connectivity index (χ0n) is 24.6. The van der Waals surface area contributed by atoms with Crippen molar-refractivity contribution in [2.45, 2.75) is 57.8 Å². The van der Waals surface area contributed by atoms with Gasteiger partial charge in [-0.15, -0.1) is 11.5 Å². The van der Waals surface area contributed by atoms with Gasteiger partial charge in [0.1, 0.15) is 23.9 Å². The maximum absolute atomic E-state index is 13.9. The van der Waals surface area contributed by atoms with Crippen LogP contribution in [0.4, 0.5) is 27.5 Å². The molecule has 1 aliphatic heterocycles. The Bertz CT molecular complexity index is 1790. The van der Waals surface area contributed by atoms with Crippen LogP contribution in [0.2, 0.25) is 0 Å². The number of piperidine rings is 1. The van der Waals surface area contributed by atoms with E-state index >= 15 is 0 Å². The third kappa shape index (κ3) is 5.36. The molecular weight excluding hydrogens is 557 g/mol. The third-order valence-corrected chi connectivity index (χ3v) is 8.92. The average Bonchev–Trinajstić information content (AvgIpc) is 3.58. The van der Waals surface area contributed by atoms with Crippen LogP contribution in [-0.2, 0) is 17.8 Å². The highest BCUT2D eigenvalue weighted by atomic mass is 19.1. The number of aliphatic imine (C=N–C) groups is 1. The fourth-order valence-electron chi connectivity index (χ4n) is 6.36. The van der Waals surface area contributed by atoms with Gasteiger partial charge >= 0.3 is 0 Å². The van der Waals surface area contributed by atoms with Crippen LogP contribution >= 0.6 is 0 Å². The average molecular weight is 592 g/mol. The third-order valence-electron chi connectivity index (χ3n) is 8.92. The first-order chi connectivity index (χ1) is 21.5. The second-order valence-electron chi connectivity index (χ2n) is 11.9. The maximum atomic E-state index is 13.9. The minimum absolute atomic E-state index is 0.0820. The molecule has 1 saturated carbocycles. The molecule has 3 heterocycles. The predicted molar refractivity (Wildman–Crippen MR) is 168 cm³/mol. The first-order valence-electron chi connectivity index (χ1n) is 15.2. The van der Waals surface area contributed by atoms with Gasteiger partial charge in [-0.25, -0.2) is 19.0 Å². The van der Waals surface area contributed by atoms with Crippen LogP contribution in [0.25, 0.3) is 11.0 Å². The number of terminal acetylenes is 1. The molecule has 44 heavy (non-hydrogen) atoms. The van der Waals surface area contributed by atoms with Crippen LogP contribution in [0, 0.1) is 24.2 Å². The molecule has 11 heteroatoms. The van der Waals surface area contributed by atoms with Crippen LogP contribution < -0.4 is 15.5 Å². The van der Waals surface area contributed by atoms with E-state index in [-0.39, 0.29) is 23.8 Å². The lowest BCUT2D eigenvalue weighted by molar-refractivity contribution is -0.127. The number of alkyl halides is 1. The molecule has 2 aromatic carbocycles. The van der Waals surface area contributed by atoms with E-state index in [1.807, 2.05) is 24.3 Å². The lowest BCUT2D eigenvalue weighted by Gasteiger charge is -2.36. The van der Waals surface area contributed by atoms with Crippen molar-refractivity contribution in [3.8, 4) is 12.3 Å². The number of fused-ring (bicyclic) bond motifs is 2. The molecule has 4 atom stereocenters. The van der Waals surface area contributed by atoms with Crippen LogP contribution in [-0.4, -0.2) is 61.9 Å². The van der Waals surface area contributed by atoms with Gasteiger partial charge in [0.15, 0.2) is 5.82 Å². The van der Waals surface area contributed by atoms with Gasteiger partial charge < -0.3 is 15.5 Å². The van der Waals surface area contributed by atoms with Crippen molar-refractivity contribution >= 4 is 45.8 Å². The summed E-state index contributed by atoms with van der Waals surface area (Å²) >= 11 is 0. The van der Waals surface area contributed by atoms with Gasteiger partial charge in [0.2, 0.25) is 11.9 Å². The van der Waals surface area contributed by atoms with E-state index in [0.29, 0.717) is 37.7 Å². The molecule has 1 saturated heterocycles. The number of hydrogen-bond acceptors (Lipinski definition) is 8. The monoisotopic (exact) mass is 591 g/mol. The summed E-state index contributed by atoms with van der Waals surface area (Å²) in [6, 6.07) is 13.7. The summed E-state index contributed by atoms with van der Waals surface area (Å²) in [5, 5.41) is 14.6. The summed E-state index contributed by atoms with van der Waals surface area (Å²) in [7, 11) is 0. The predicted octanol–water partition coefficient (Wildman–Crippen LogP) is 4.74. The second kappa shape index (κ2) is 11.7. The molecule has 3 unspecified atom stereocenters. The van der Waals surface area contributed by atoms with E-state index < -0.39 is 6.17 Å². The fraction of sp³-hybridized carbons (Fsp3) is 0.394. The van der Waals surface area contributed by atoms with Gasteiger partial charge in [0.25, 0.3) is 0 Å². The summed E-state index contributed by atoms with van der Waals surface area (Å²) < 4.78 is 15.5. The van der Waals surface area contributed by atoms with Crippen molar-refractivity contribution < 1.29 is 9.18 Å². The first kappa shape index (κ1) is 28.0. The number of anilines is 3. The van der Waals surface area contributed by atoms with Gasteiger partial charge in [-0.2, -0.15) is 4.98 Å². The van der Waals surface area contributed by atoms with Crippen molar-refractivity contribution in [3.63, 3.8) is 0 Å². The number of nitrogens with zero attached hydrogens (tertiary/aromatic N) is 7. The van der Waals surface area contributed by atoms with Crippen LogP contribution in [0.3, 0.4) is 0 Å². The van der Waals surface area contributed by atoms with Crippen molar-refractivity contribution in [1.29, 1.82) is 0 Å². The quantitative estimate of drug-likeness (QED) is 0.299. The molecule has 4 aromatic rings. The Morgan fingerprint density at radius 3 is 2.91 bits per heavy atom. The molecule has 2 aliphatic carbocycles. The van der Waals surface area contributed by atoms with E-state index in [1.54, 1.807) is 10.9 Å². The zero-order chi connectivity index (χ0) is 30.2. The molecule has 3 aliphatic rings. The largest absolute Gasteiger partial charge is 0.366 e. The number of rotatable bonds is 7. The Morgan fingerprint density at radius 1 is 1.20 bits per heavy atom. The molecule has 1 amide bonds. The van der Waals surface area contributed by atoms with Crippen molar-refractivity contribution in [2.24, 2.45) is 16.8 Å². The molecule has 0 spiro atoms. The van der Waals surface area contributed by atoms with Crippen molar-refractivity contribution in [2.75, 3.05) is 23.3 Å². The Labute approximate surface area is 255 Å². The molecule has 7 rings (SSSR count). The molecule has 2 N–H and O–H groups in total. The van der Waals surface area contributed by atoms with Gasteiger partial charge in [-0.3, -0.25) is 4.79 Å². The number of carbonyl (C=O) groups excluding carboxylic acids is 1. The number of halogens is 1. The highest BCUT2D eigenvalue weighted by molar-refractivity contribution is 6.07. The van der Waals surface area contributed by atoms with E-state index in [9.17, 15) is 9.18 Å². The molecule has 224 valence electrons. The molecule has 2 aromatic heterocycles. The van der Waals surface area contributed by atoms with E-state index in [1.165, 1.54) is 5.56 Å². The standard InChI is InChI=1S/C33H34FN9O/c1-3-14-43-28-17-23(10-12-27(28)40-41-43)36-33-35-18-29(31(39-33)38-30-20(2)16-21-7-4-5-9-24(21)30)42-15-6-8-22(19-42)32(44)37-26-13-11-25(26)34/h1,4-5,7,9-10,12,17-18,20,22,25-26H,6,8,11,13-16,19H2,2H3,(H,37,44)(H,35,36,39)/t20-,22?,25?,26?/m1/s1. The zero-order valence-corrected chi connectivity index (χ0v) is 24.6. The number of aromatic nitrogens is 5. The Balaban J connectivity index is 1.21. The Hall–Kier alpha value is -4.85. The van der Waals surface area contributed by atoms with Crippen LogP contribution in [0.1, 0.15) is 43.7 Å². The van der Waals surface area contributed by atoms with Gasteiger partial charge in [0, 0.05) is 24.7 Å².